The van der Waals surface area contributed by atoms with Crippen molar-refractivity contribution in [2.24, 2.45) is 5.73 Å². The second-order valence-corrected chi connectivity index (χ2v) is 7.97. The molecule has 6 heteroatoms. The Morgan fingerprint density at radius 1 is 0.793 bits per heavy atom. The Hall–Kier alpha value is -0.810. The Balaban J connectivity index is 0. The molecule has 0 aliphatic heterocycles. The molecule has 0 saturated carbocycles. The molecule has 3 N–H and O–H groups in total. The van der Waals surface area contributed by atoms with Gasteiger partial charge in [-0.15, -0.1) is 12.4 Å². The topological polar surface area (TPSA) is 81.4 Å². The van der Waals surface area contributed by atoms with Crippen LogP contribution in [0.15, 0.2) is 0 Å². The van der Waals surface area contributed by atoms with E-state index in [2.05, 4.69) is 17.0 Å². The van der Waals surface area contributed by atoms with Gasteiger partial charge in [-0.3, -0.25) is 9.59 Å². The van der Waals surface area contributed by atoms with Gasteiger partial charge in [-0.2, -0.15) is 0 Å². The molecule has 0 fully saturated rings. The molecule has 0 aliphatic rings. The Bertz CT molecular complexity index is 381. The molecule has 0 radical (unpaired) electrons. The quantitative estimate of drug-likeness (QED) is 0.191. The molecule has 1 atom stereocenters. The molecule has 0 bridgehead atoms. The molecule has 0 spiro atoms. The maximum absolute atomic E-state index is 11.8. The van der Waals surface area contributed by atoms with Crippen LogP contribution in [-0.4, -0.2) is 31.6 Å². The number of hydrogen-bond acceptors (Lipinski definition) is 4. The van der Waals surface area contributed by atoms with Crippen molar-refractivity contribution in [3.05, 3.63) is 0 Å². The van der Waals surface area contributed by atoms with Crippen LogP contribution >= 0.6 is 12.4 Å². The summed E-state index contributed by atoms with van der Waals surface area (Å²) in [5, 5.41) is 2.95. The number of methoxy groups -OCH3 is 1. The Labute approximate surface area is 185 Å². The van der Waals surface area contributed by atoms with Gasteiger partial charge in [-0.25, -0.2) is 0 Å². The highest BCUT2D eigenvalue weighted by Gasteiger charge is 2.12. The predicted octanol–water partition coefficient (Wildman–Crippen LogP) is 5.68. The van der Waals surface area contributed by atoms with E-state index in [-0.39, 0.29) is 24.3 Å². The Morgan fingerprint density at radius 3 is 1.76 bits per heavy atom. The van der Waals surface area contributed by atoms with Crippen molar-refractivity contribution >= 4 is 24.3 Å². The van der Waals surface area contributed by atoms with Gasteiger partial charge in [-0.05, 0) is 25.7 Å². The highest BCUT2D eigenvalue weighted by Crippen LogP contribution is 2.12. The number of esters is 1. The van der Waals surface area contributed by atoms with E-state index in [0.29, 0.717) is 19.4 Å². The summed E-state index contributed by atoms with van der Waals surface area (Å²) < 4.78 is 4.59. The number of halogens is 1. The van der Waals surface area contributed by atoms with Gasteiger partial charge in [0.15, 0.2) is 0 Å². The monoisotopic (exact) mass is 434 g/mol. The molecule has 174 valence electrons. The number of ether oxygens (including phenoxy) is 1. The number of carbonyl (C=O) groups excluding carboxylic acids is 2. The van der Waals surface area contributed by atoms with Crippen molar-refractivity contribution < 1.29 is 14.3 Å². The van der Waals surface area contributed by atoms with Crippen LogP contribution in [0, 0.1) is 0 Å². The summed E-state index contributed by atoms with van der Waals surface area (Å²) in [6.45, 7) is 2.92. The zero-order chi connectivity index (χ0) is 20.9. The maximum Gasteiger partial charge on any atom is 0.322 e. The van der Waals surface area contributed by atoms with E-state index in [4.69, 9.17) is 5.73 Å². The third kappa shape index (κ3) is 21.7. The van der Waals surface area contributed by atoms with E-state index in [0.717, 1.165) is 25.7 Å². The van der Waals surface area contributed by atoms with Crippen LogP contribution in [0.1, 0.15) is 116 Å². The van der Waals surface area contributed by atoms with Crippen LogP contribution in [0.3, 0.4) is 0 Å². The minimum Gasteiger partial charge on any atom is -0.468 e. The average Bonchev–Trinajstić information content (AvgIpc) is 2.70. The minimum absolute atomic E-state index is 0. The summed E-state index contributed by atoms with van der Waals surface area (Å²) in [7, 11) is 1.35. The zero-order valence-electron chi connectivity index (χ0n) is 19.0. The lowest BCUT2D eigenvalue weighted by Crippen LogP contribution is -2.31. The van der Waals surface area contributed by atoms with E-state index in [1.54, 1.807) is 0 Å². The van der Waals surface area contributed by atoms with Gasteiger partial charge in [0.2, 0.25) is 5.91 Å². The van der Waals surface area contributed by atoms with Gasteiger partial charge >= 0.3 is 5.97 Å². The van der Waals surface area contributed by atoms with Gasteiger partial charge in [0.1, 0.15) is 6.04 Å². The molecule has 0 rings (SSSR count). The molecule has 29 heavy (non-hydrogen) atoms. The number of hydrogen-bond donors (Lipinski definition) is 2. The van der Waals surface area contributed by atoms with E-state index >= 15 is 0 Å². The predicted molar refractivity (Wildman–Crippen MR) is 124 cm³/mol. The SMILES string of the molecule is CCCCCCCCCCCCCCCC(=O)NCCCC[C@H](N)C(=O)OC.Cl. The first-order valence-electron chi connectivity index (χ1n) is 11.7. The molecule has 0 aromatic carbocycles. The summed E-state index contributed by atoms with van der Waals surface area (Å²) in [5.74, 6) is -0.230. The smallest absolute Gasteiger partial charge is 0.322 e. The van der Waals surface area contributed by atoms with E-state index in [1.807, 2.05) is 0 Å². The summed E-state index contributed by atoms with van der Waals surface area (Å²) >= 11 is 0. The highest BCUT2D eigenvalue weighted by molar-refractivity contribution is 5.85. The molecule has 0 heterocycles. The van der Waals surface area contributed by atoms with Crippen LogP contribution in [-0.2, 0) is 14.3 Å². The first-order valence-corrected chi connectivity index (χ1v) is 11.7. The van der Waals surface area contributed by atoms with Crippen molar-refractivity contribution in [1.82, 2.24) is 5.32 Å². The first kappa shape index (κ1) is 30.4. The second-order valence-electron chi connectivity index (χ2n) is 7.97. The zero-order valence-corrected chi connectivity index (χ0v) is 19.8. The number of rotatable bonds is 20. The van der Waals surface area contributed by atoms with Crippen LogP contribution < -0.4 is 11.1 Å². The van der Waals surface area contributed by atoms with Crippen molar-refractivity contribution in [3.8, 4) is 0 Å². The van der Waals surface area contributed by atoms with Crippen LogP contribution in [0.4, 0.5) is 0 Å². The normalized spacial score (nSPS) is 11.6. The number of amides is 1. The second kappa shape index (κ2) is 23.5. The minimum atomic E-state index is -0.550. The Kier molecular flexibility index (Phi) is 24.6. The third-order valence-corrected chi connectivity index (χ3v) is 5.28. The summed E-state index contributed by atoms with van der Waals surface area (Å²) in [6.07, 6.45) is 20.0. The van der Waals surface area contributed by atoms with Crippen molar-refractivity contribution in [1.29, 1.82) is 0 Å². The van der Waals surface area contributed by atoms with Gasteiger partial charge in [0, 0.05) is 13.0 Å². The fraction of sp³-hybridized carbons (Fsp3) is 0.913. The van der Waals surface area contributed by atoms with Gasteiger partial charge in [-0.1, -0.05) is 84.0 Å². The number of carbonyl (C=O) groups is 2. The number of unbranched alkanes of at least 4 members (excludes halogenated alkanes) is 13. The molecule has 0 saturated heterocycles. The first-order chi connectivity index (χ1) is 13.6. The van der Waals surface area contributed by atoms with Crippen molar-refractivity contribution in [2.45, 2.75) is 122 Å². The fourth-order valence-electron chi connectivity index (χ4n) is 3.38. The van der Waals surface area contributed by atoms with E-state index in [9.17, 15) is 9.59 Å². The molecule has 1 amide bonds. The van der Waals surface area contributed by atoms with Gasteiger partial charge < -0.3 is 15.8 Å². The average molecular weight is 435 g/mol. The highest BCUT2D eigenvalue weighted by atomic mass is 35.5. The van der Waals surface area contributed by atoms with Crippen LogP contribution in [0.2, 0.25) is 0 Å². The maximum atomic E-state index is 11.8. The molecule has 0 aromatic heterocycles. The lowest BCUT2D eigenvalue weighted by Gasteiger charge is -2.09. The van der Waals surface area contributed by atoms with E-state index in [1.165, 1.54) is 77.7 Å². The molecule has 0 aromatic rings. The third-order valence-electron chi connectivity index (χ3n) is 5.28. The summed E-state index contributed by atoms with van der Waals surface area (Å²) in [6, 6.07) is -0.550. The molecular weight excluding hydrogens is 388 g/mol. The van der Waals surface area contributed by atoms with Crippen LogP contribution in [0.5, 0.6) is 0 Å². The molecule has 0 unspecified atom stereocenters. The molecular formula is C23H47ClN2O3. The number of nitrogens with two attached hydrogens (primary N) is 1. The number of nitrogens with one attached hydrogen (secondary N) is 1. The van der Waals surface area contributed by atoms with Crippen LogP contribution in [0.25, 0.3) is 0 Å². The van der Waals surface area contributed by atoms with Crippen molar-refractivity contribution in [2.75, 3.05) is 13.7 Å². The van der Waals surface area contributed by atoms with Crippen molar-refractivity contribution in [3.63, 3.8) is 0 Å². The standard InChI is InChI=1S/C23H46N2O3.ClH/c1-3-4-5-6-7-8-9-10-11-12-13-14-15-19-22(26)25-20-17-16-18-21(24)23(27)28-2;/h21H,3-20,24H2,1-2H3,(H,25,26);1H/t21-;/m0./s1. The van der Waals surface area contributed by atoms with E-state index < -0.39 is 6.04 Å². The summed E-state index contributed by atoms with van der Waals surface area (Å²) in [5.41, 5.74) is 5.67. The van der Waals surface area contributed by atoms with Gasteiger partial charge in [0.05, 0.1) is 7.11 Å². The lowest BCUT2D eigenvalue weighted by molar-refractivity contribution is -0.142. The molecule has 5 nitrogen and oxygen atoms in total. The molecule has 0 aliphatic carbocycles. The Morgan fingerprint density at radius 2 is 1.28 bits per heavy atom. The van der Waals surface area contributed by atoms with Gasteiger partial charge in [0.25, 0.3) is 0 Å². The summed E-state index contributed by atoms with van der Waals surface area (Å²) in [4.78, 5) is 23.0. The largest absolute Gasteiger partial charge is 0.468 e. The lowest BCUT2D eigenvalue weighted by atomic mass is 10.0. The fourth-order valence-corrected chi connectivity index (χ4v) is 3.38.